The highest BCUT2D eigenvalue weighted by atomic mass is 16.6. The van der Waals surface area contributed by atoms with Gasteiger partial charge in [-0.05, 0) is 34.6 Å². The lowest BCUT2D eigenvalue weighted by atomic mass is 10.2. The molecular weight excluding hydrogens is 310 g/mol. The van der Waals surface area contributed by atoms with Gasteiger partial charge in [-0.3, -0.25) is 9.59 Å². The molecule has 1 rings (SSSR count). The number of carbonyl (C=O) groups excluding carboxylic acids is 3. The van der Waals surface area contributed by atoms with Crippen molar-refractivity contribution in [1.29, 1.82) is 0 Å². The van der Waals surface area contributed by atoms with Crippen molar-refractivity contribution < 1.29 is 19.1 Å². The molecule has 1 fully saturated rings. The lowest BCUT2D eigenvalue weighted by Gasteiger charge is -2.35. The summed E-state index contributed by atoms with van der Waals surface area (Å²) in [5.41, 5.74) is -0.519. The number of piperazine rings is 1. The maximum Gasteiger partial charge on any atom is 0.410 e. The summed E-state index contributed by atoms with van der Waals surface area (Å²) in [7, 11) is 0. The van der Waals surface area contributed by atoms with E-state index in [1.165, 1.54) is 0 Å². The number of nitrogens with zero attached hydrogens (tertiary/aromatic N) is 3. The van der Waals surface area contributed by atoms with Crippen LogP contribution in [0.4, 0.5) is 4.79 Å². The quantitative estimate of drug-likeness (QED) is 0.763. The maximum absolute atomic E-state index is 12.2. The summed E-state index contributed by atoms with van der Waals surface area (Å²) < 4.78 is 5.34. The number of amides is 3. The molecule has 7 nitrogen and oxygen atoms in total. The van der Waals surface area contributed by atoms with Gasteiger partial charge < -0.3 is 19.4 Å². The topological polar surface area (TPSA) is 70.2 Å². The van der Waals surface area contributed by atoms with Crippen molar-refractivity contribution in [3.63, 3.8) is 0 Å². The zero-order valence-corrected chi connectivity index (χ0v) is 15.6. The molecular formula is C17H31N3O4. The van der Waals surface area contributed by atoms with E-state index in [1.54, 1.807) is 14.7 Å². The summed E-state index contributed by atoms with van der Waals surface area (Å²) in [6.07, 6.45) is 0.125. The highest BCUT2D eigenvalue weighted by molar-refractivity contribution is 5.84. The van der Waals surface area contributed by atoms with E-state index in [1.807, 2.05) is 34.6 Å². The minimum Gasteiger partial charge on any atom is -0.444 e. The molecule has 0 spiro atoms. The van der Waals surface area contributed by atoms with E-state index in [-0.39, 0.29) is 30.7 Å². The van der Waals surface area contributed by atoms with E-state index in [0.717, 1.165) is 0 Å². The van der Waals surface area contributed by atoms with Crippen LogP contribution in [-0.2, 0) is 14.3 Å². The van der Waals surface area contributed by atoms with Gasteiger partial charge in [-0.15, -0.1) is 0 Å². The maximum atomic E-state index is 12.2. The van der Waals surface area contributed by atoms with Gasteiger partial charge in [0.15, 0.2) is 0 Å². The smallest absolute Gasteiger partial charge is 0.410 e. The van der Waals surface area contributed by atoms with Crippen LogP contribution in [0.25, 0.3) is 0 Å². The van der Waals surface area contributed by atoms with Crippen LogP contribution in [0.2, 0.25) is 0 Å². The van der Waals surface area contributed by atoms with Crippen molar-refractivity contribution in [2.75, 3.05) is 39.3 Å². The normalized spacial score (nSPS) is 15.2. The Balaban J connectivity index is 2.38. The molecule has 1 heterocycles. The summed E-state index contributed by atoms with van der Waals surface area (Å²) in [6, 6.07) is 0. The average Bonchev–Trinajstić information content (AvgIpc) is 2.52. The Labute approximate surface area is 144 Å². The summed E-state index contributed by atoms with van der Waals surface area (Å²) in [6.45, 7) is 12.6. The highest BCUT2D eigenvalue weighted by Gasteiger charge is 2.27. The molecule has 0 aliphatic carbocycles. The first-order valence-electron chi connectivity index (χ1n) is 8.71. The van der Waals surface area contributed by atoms with Crippen molar-refractivity contribution in [3.8, 4) is 0 Å². The molecule has 0 N–H and O–H groups in total. The molecule has 7 heteroatoms. The minimum absolute atomic E-state index is 0.0146. The second kappa shape index (κ2) is 8.89. The van der Waals surface area contributed by atoms with E-state index >= 15 is 0 Å². The molecule has 0 aromatic carbocycles. The summed E-state index contributed by atoms with van der Waals surface area (Å²) in [5.74, 6) is -0.0138. The van der Waals surface area contributed by atoms with Crippen LogP contribution in [0.3, 0.4) is 0 Å². The molecule has 3 amide bonds. The summed E-state index contributed by atoms with van der Waals surface area (Å²) >= 11 is 0. The lowest BCUT2D eigenvalue weighted by molar-refractivity contribution is -0.137. The number of rotatable bonds is 5. The van der Waals surface area contributed by atoms with Crippen LogP contribution in [-0.4, -0.2) is 77.5 Å². The number of hydrogen-bond acceptors (Lipinski definition) is 4. The molecule has 0 unspecified atom stereocenters. The van der Waals surface area contributed by atoms with Crippen LogP contribution in [0.1, 0.15) is 47.5 Å². The first-order chi connectivity index (χ1) is 11.2. The first-order valence-corrected chi connectivity index (χ1v) is 8.71. The molecule has 0 radical (unpaired) electrons. The Morgan fingerprint density at radius 3 is 1.88 bits per heavy atom. The largest absolute Gasteiger partial charge is 0.444 e. The molecule has 24 heavy (non-hydrogen) atoms. The number of carbonyl (C=O) groups is 3. The van der Waals surface area contributed by atoms with E-state index in [2.05, 4.69) is 0 Å². The molecule has 0 aromatic heterocycles. The third-order valence-electron chi connectivity index (χ3n) is 3.95. The molecule has 0 atom stereocenters. The van der Waals surface area contributed by atoms with Crippen LogP contribution in [0.15, 0.2) is 0 Å². The highest BCUT2D eigenvalue weighted by Crippen LogP contribution is 2.12. The second-order valence-electron chi connectivity index (χ2n) is 6.91. The van der Waals surface area contributed by atoms with Crippen molar-refractivity contribution >= 4 is 17.9 Å². The van der Waals surface area contributed by atoms with Gasteiger partial charge in [-0.1, -0.05) is 0 Å². The Morgan fingerprint density at radius 2 is 1.42 bits per heavy atom. The molecule has 0 saturated carbocycles. The summed E-state index contributed by atoms with van der Waals surface area (Å²) in [5, 5.41) is 0. The minimum atomic E-state index is -0.519. The van der Waals surface area contributed by atoms with Crippen molar-refractivity contribution in [1.82, 2.24) is 14.7 Å². The van der Waals surface area contributed by atoms with Crippen LogP contribution < -0.4 is 0 Å². The van der Waals surface area contributed by atoms with Gasteiger partial charge in [0.2, 0.25) is 11.8 Å². The average molecular weight is 341 g/mol. The zero-order valence-electron chi connectivity index (χ0n) is 15.6. The van der Waals surface area contributed by atoms with Crippen molar-refractivity contribution in [2.45, 2.75) is 53.1 Å². The summed E-state index contributed by atoms with van der Waals surface area (Å²) in [4.78, 5) is 41.2. The first kappa shape index (κ1) is 20.3. The molecule has 1 aliphatic rings. The van der Waals surface area contributed by atoms with Crippen LogP contribution >= 0.6 is 0 Å². The van der Waals surface area contributed by atoms with E-state index < -0.39 is 5.60 Å². The third-order valence-corrected chi connectivity index (χ3v) is 3.95. The van der Waals surface area contributed by atoms with Gasteiger partial charge in [-0.25, -0.2) is 4.79 Å². The van der Waals surface area contributed by atoms with Gasteiger partial charge in [-0.2, -0.15) is 0 Å². The van der Waals surface area contributed by atoms with Crippen molar-refractivity contribution in [3.05, 3.63) is 0 Å². The van der Waals surface area contributed by atoms with E-state index in [4.69, 9.17) is 4.74 Å². The second-order valence-corrected chi connectivity index (χ2v) is 6.91. The van der Waals surface area contributed by atoms with Gasteiger partial charge in [0.05, 0.1) is 0 Å². The van der Waals surface area contributed by atoms with Crippen LogP contribution in [0.5, 0.6) is 0 Å². The van der Waals surface area contributed by atoms with Crippen molar-refractivity contribution in [2.24, 2.45) is 0 Å². The Morgan fingerprint density at radius 1 is 0.917 bits per heavy atom. The predicted octanol–water partition coefficient (Wildman–Crippen LogP) is 1.71. The monoisotopic (exact) mass is 341 g/mol. The molecule has 0 bridgehead atoms. The molecule has 138 valence electrons. The third kappa shape index (κ3) is 6.37. The standard InChI is InChI=1S/C17H31N3O4/c1-6-18(7-2)14(21)8-9-15(22)19-10-12-20(13-11-19)16(23)24-17(3,4)5/h6-13H2,1-5H3. The zero-order chi connectivity index (χ0) is 18.3. The molecule has 1 saturated heterocycles. The van der Waals surface area contributed by atoms with E-state index in [9.17, 15) is 14.4 Å². The fraction of sp³-hybridized carbons (Fsp3) is 0.824. The van der Waals surface area contributed by atoms with Crippen LogP contribution in [0, 0.1) is 0 Å². The fourth-order valence-electron chi connectivity index (χ4n) is 2.57. The predicted molar refractivity (Wildman–Crippen MR) is 91.5 cm³/mol. The van der Waals surface area contributed by atoms with Gasteiger partial charge in [0.25, 0.3) is 0 Å². The number of ether oxygens (including phenoxy) is 1. The Kier molecular flexibility index (Phi) is 7.51. The lowest BCUT2D eigenvalue weighted by Crippen LogP contribution is -2.51. The van der Waals surface area contributed by atoms with Gasteiger partial charge in [0.1, 0.15) is 5.60 Å². The molecule has 1 aliphatic heterocycles. The Bertz CT molecular complexity index is 447. The van der Waals surface area contributed by atoms with Gasteiger partial charge in [0, 0.05) is 52.1 Å². The SMILES string of the molecule is CCN(CC)C(=O)CCC(=O)N1CCN(C(=O)OC(C)(C)C)CC1. The number of hydrogen-bond donors (Lipinski definition) is 0. The Hall–Kier alpha value is -1.79. The fourth-order valence-corrected chi connectivity index (χ4v) is 2.57. The van der Waals surface area contributed by atoms with E-state index in [0.29, 0.717) is 39.3 Å². The molecule has 0 aromatic rings. The van der Waals surface area contributed by atoms with Gasteiger partial charge >= 0.3 is 6.09 Å².